The predicted molar refractivity (Wildman–Crippen MR) is 66.5 cm³/mol. The van der Waals surface area contributed by atoms with Gasteiger partial charge in [0.25, 0.3) is 5.69 Å². The van der Waals surface area contributed by atoms with Gasteiger partial charge in [-0.3, -0.25) is 10.1 Å². The van der Waals surface area contributed by atoms with E-state index in [0.29, 0.717) is 17.8 Å². The number of nitro groups is 1. The third-order valence-electron chi connectivity index (χ3n) is 2.65. The summed E-state index contributed by atoms with van der Waals surface area (Å²) < 4.78 is 0. The van der Waals surface area contributed by atoms with Gasteiger partial charge in [-0.2, -0.15) is 5.10 Å². The third-order valence-corrected chi connectivity index (χ3v) is 2.65. The Hall–Kier alpha value is -2.11. The molecule has 0 bridgehead atoms. The van der Waals surface area contributed by atoms with Gasteiger partial charge in [0, 0.05) is 17.5 Å². The van der Waals surface area contributed by atoms with Crippen LogP contribution in [0, 0.1) is 23.0 Å². The highest BCUT2D eigenvalue weighted by atomic mass is 16.6. The Morgan fingerprint density at radius 3 is 2.71 bits per heavy atom. The van der Waals surface area contributed by atoms with Crippen LogP contribution in [0.4, 0.5) is 5.69 Å². The van der Waals surface area contributed by atoms with Crippen molar-refractivity contribution in [1.82, 2.24) is 0 Å². The molecule has 1 aromatic carbocycles. The molecule has 0 saturated carbocycles. The summed E-state index contributed by atoms with van der Waals surface area (Å²) in [6, 6.07) is 5.02. The minimum Gasteiger partial charge on any atom is -0.386 e. The SMILES string of the molecule is Cc1cc(CC(C)C(N)=NN)ccc1[N+](=O)[O-]. The van der Waals surface area contributed by atoms with E-state index < -0.39 is 4.92 Å². The van der Waals surface area contributed by atoms with Crippen LogP contribution in [0.5, 0.6) is 0 Å². The Bertz CT molecular complexity index is 457. The highest BCUT2D eigenvalue weighted by molar-refractivity contribution is 5.82. The van der Waals surface area contributed by atoms with Crippen LogP contribution in [0.15, 0.2) is 23.3 Å². The van der Waals surface area contributed by atoms with Gasteiger partial charge in [-0.25, -0.2) is 0 Å². The van der Waals surface area contributed by atoms with Gasteiger partial charge in [0.15, 0.2) is 0 Å². The lowest BCUT2D eigenvalue weighted by molar-refractivity contribution is -0.385. The molecular weight excluding hydrogens is 220 g/mol. The Morgan fingerprint density at radius 2 is 2.24 bits per heavy atom. The van der Waals surface area contributed by atoms with Crippen LogP contribution in [0.2, 0.25) is 0 Å². The third kappa shape index (κ3) is 3.17. The van der Waals surface area contributed by atoms with E-state index >= 15 is 0 Å². The topological polar surface area (TPSA) is 108 Å². The van der Waals surface area contributed by atoms with Gasteiger partial charge < -0.3 is 11.6 Å². The van der Waals surface area contributed by atoms with Crippen molar-refractivity contribution >= 4 is 11.5 Å². The van der Waals surface area contributed by atoms with E-state index in [1.54, 1.807) is 19.1 Å². The first-order chi connectivity index (χ1) is 7.95. The molecule has 0 fully saturated rings. The zero-order valence-electron chi connectivity index (χ0n) is 9.88. The molecule has 17 heavy (non-hydrogen) atoms. The summed E-state index contributed by atoms with van der Waals surface area (Å²) in [6.07, 6.45) is 0.658. The minimum atomic E-state index is -0.391. The highest BCUT2D eigenvalue weighted by Gasteiger charge is 2.13. The average Bonchev–Trinajstić information content (AvgIpc) is 2.27. The molecule has 4 N–H and O–H groups in total. The van der Waals surface area contributed by atoms with Gasteiger partial charge in [-0.05, 0) is 25.0 Å². The van der Waals surface area contributed by atoms with Gasteiger partial charge >= 0.3 is 0 Å². The van der Waals surface area contributed by atoms with Gasteiger partial charge in [0.1, 0.15) is 5.84 Å². The summed E-state index contributed by atoms with van der Waals surface area (Å²) in [5, 5.41) is 14.1. The van der Waals surface area contributed by atoms with E-state index in [0.717, 1.165) is 5.56 Å². The summed E-state index contributed by atoms with van der Waals surface area (Å²) in [6.45, 7) is 3.62. The first-order valence-corrected chi connectivity index (χ1v) is 5.23. The number of amidine groups is 1. The van der Waals surface area contributed by atoms with E-state index in [1.165, 1.54) is 6.07 Å². The van der Waals surface area contributed by atoms with Crippen molar-refractivity contribution in [3.05, 3.63) is 39.4 Å². The maximum absolute atomic E-state index is 10.7. The Balaban J connectivity index is 2.88. The van der Waals surface area contributed by atoms with Crippen molar-refractivity contribution in [2.75, 3.05) is 0 Å². The van der Waals surface area contributed by atoms with Crippen molar-refractivity contribution in [1.29, 1.82) is 0 Å². The van der Waals surface area contributed by atoms with Crippen molar-refractivity contribution in [3.8, 4) is 0 Å². The largest absolute Gasteiger partial charge is 0.386 e. The lowest BCUT2D eigenvalue weighted by atomic mass is 9.98. The van der Waals surface area contributed by atoms with Gasteiger partial charge in [0.2, 0.25) is 0 Å². The van der Waals surface area contributed by atoms with Gasteiger partial charge in [-0.15, -0.1) is 0 Å². The molecule has 0 radical (unpaired) electrons. The molecule has 1 rings (SSSR count). The number of hydrazone groups is 1. The molecule has 1 aromatic rings. The Morgan fingerprint density at radius 1 is 1.59 bits per heavy atom. The number of hydrogen-bond acceptors (Lipinski definition) is 4. The Labute approximate surface area is 99.5 Å². The van der Waals surface area contributed by atoms with Gasteiger partial charge in [0.05, 0.1) is 4.92 Å². The van der Waals surface area contributed by atoms with E-state index in [4.69, 9.17) is 11.6 Å². The first kappa shape index (κ1) is 13.0. The second-order valence-electron chi connectivity index (χ2n) is 4.04. The molecule has 0 saturated heterocycles. The summed E-state index contributed by atoms with van der Waals surface area (Å²) >= 11 is 0. The van der Waals surface area contributed by atoms with E-state index in [-0.39, 0.29) is 11.6 Å². The maximum Gasteiger partial charge on any atom is 0.272 e. The fraction of sp³-hybridized carbons (Fsp3) is 0.364. The van der Waals surface area contributed by atoms with E-state index in [2.05, 4.69) is 5.10 Å². The van der Waals surface area contributed by atoms with Crippen LogP contribution in [0.1, 0.15) is 18.1 Å². The molecule has 0 aliphatic carbocycles. The lowest BCUT2D eigenvalue weighted by Crippen LogP contribution is -2.24. The number of benzene rings is 1. The highest BCUT2D eigenvalue weighted by Crippen LogP contribution is 2.20. The fourth-order valence-electron chi connectivity index (χ4n) is 1.63. The molecule has 92 valence electrons. The summed E-state index contributed by atoms with van der Waals surface area (Å²) in [5.74, 6) is 5.48. The molecule has 6 nitrogen and oxygen atoms in total. The van der Waals surface area contributed by atoms with Crippen LogP contribution in [-0.4, -0.2) is 10.8 Å². The number of nitro benzene ring substituents is 1. The van der Waals surface area contributed by atoms with Crippen LogP contribution in [0.25, 0.3) is 0 Å². The van der Waals surface area contributed by atoms with Crippen LogP contribution < -0.4 is 11.6 Å². The maximum atomic E-state index is 10.7. The Kier molecular flexibility index (Phi) is 4.03. The summed E-state index contributed by atoms with van der Waals surface area (Å²) in [5.41, 5.74) is 7.34. The zero-order valence-corrected chi connectivity index (χ0v) is 9.88. The normalized spacial score (nSPS) is 13.4. The van der Waals surface area contributed by atoms with E-state index in [9.17, 15) is 10.1 Å². The smallest absolute Gasteiger partial charge is 0.272 e. The number of hydrogen-bond donors (Lipinski definition) is 2. The number of rotatable bonds is 4. The zero-order chi connectivity index (χ0) is 13.0. The molecule has 0 spiro atoms. The number of nitrogens with two attached hydrogens (primary N) is 2. The second-order valence-corrected chi connectivity index (χ2v) is 4.04. The average molecular weight is 236 g/mol. The van der Waals surface area contributed by atoms with Crippen LogP contribution in [-0.2, 0) is 6.42 Å². The second kappa shape index (κ2) is 5.29. The van der Waals surface area contributed by atoms with Crippen LogP contribution in [0.3, 0.4) is 0 Å². The first-order valence-electron chi connectivity index (χ1n) is 5.23. The van der Waals surface area contributed by atoms with Crippen molar-refractivity contribution in [2.45, 2.75) is 20.3 Å². The lowest BCUT2D eigenvalue weighted by Gasteiger charge is -2.10. The van der Waals surface area contributed by atoms with Crippen molar-refractivity contribution < 1.29 is 4.92 Å². The monoisotopic (exact) mass is 236 g/mol. The number of nitrogens with zero attached hydrogens (tertiary/aromatic N) is 2. The molecule has 0 aliphatic rings. The molecule has 6 heteroatoms. The quantitative estimate of drug-likeness (QED) is 0.270. The molecule has 0 heterocycles. The molecule has 0 amide bonds. The number of aryl methyl sites for hydroxylation is 1. The predicted octanol–water partition coefficient (Wildman–Crippen LogP) is 1.31. The fourth-order valence-corrected chi connectivity index (χ4v) is 1.63. The molecule has 1 atom stereocenters. The van der Waals surface area contributed by atoms with Crippen LogP contribution >= 0.6 is 0 Å². The summed E-state index contributed by atoms with van der Waals surface area (Å²) in [7, 11) is 0. The molecular formula is C11H16N4O2. The van der Waals surface area contributed by atoms with Crippen molar-refractivity contribution in [2.24, 2.45) is 22.6 Å². The molecule has 0 aromatic heterocycles. The standard InChI is InChI=1S/C11H16N4O2/c1-7-5-9(3-4-10(7)15(16)17)6-8(2)11(12)14-13/h3-5,8H,6,13H2,1-2H3,(H2,12,14). The molecule has 1 unspecified atom stereocenters. The van der Waals surface area contributed by atoms with E-state index in [1.807, 2.05) is 6.92 Å². The van der Waals surface area contributed by atoms with Crippen molar-refractivity contribution in [3.63, 3.8) is 0 Å². The summed E-state index contributed by atoms with van der Waals surface area (Å²) in [4.78, 5) is 10.3. The van der Waals surface area contributed by atoms with Gasteiger partial charge in [-0.1, -0.05) is 13.0 Å². The minimum absolute atomic E-state index is 0.0147. The molecule has 0 aliphatic heterocycles.